The molecule has 1 unspecified atom stereocenters. The molecule has 0 aliphatic rings. The number of nitrogens with zero attached hydrogens (tertiary/aromatic N) is 3. The Bertz CT molecular complexity index is 703. The molecule has 2 aromatic rings. The molecular formula is C12H12ClN3O4S. The van der Waals surface area contributed by atoms with Crippen molar-refractivity contribution in [2.75, 3.05) is 12.9 Å². The number of aromatic nitrogens is 3. The summed E-state index contributed by atoms with van der Waals surface area (Å²) in [6.07, 6.45) is 1.44. The molecule has 2 heterocycles. The van der Waals surface area contributed by atoms with Gasteiger partial charge in [-0.1, -0.05) is 23.4 Å². The van der Waals surface area contributed by atoms with Gasteiger partial charge in [0.1, 0.15) is 11.6 Å². The Kier molecular flexibility index (Phi) is 4.69. The number of fused-ring (bicyclic) bond motifs is 1. The summed E-state index contributed by atoms with van der Waals surface area (Å²) in [5.74, 6) is -1.62. The first-order valence-corrected chi connectivity index (χ1v) is 7.26. The molecule has 0 bridgehead atoms. The average molecular weight is 330 g/mol. The molecule has 1 atom stereocenters. The molecule has 21 heavy (non-hydrogen) atoms. The van der Waals surface area contributed by atoms with Crippen LogP contribution in [0.1, 0.15) is 13.0 Å². The number of pyridine rings is 1. The van der Waals surface area contributed by atoms with Crippen LogP contribution in [0.15, 0.2) is 17.4 Å². The highest BCUT2D eigenvalue weighted by atomic mass is 35.5. The molecule has 2 rings (SSSR count). The van der Waals surface area contributed by atoms with E-state index in [-0.39, 0.29) is 5.75 Å². The van der Waals surface area contributed by atoms with Gasteiger partial charge >= 0.3 is 11.9 Å². The molecule has 0 aromatic carbocycles. The summed E-state index contributed by atoms with van der Waals surface area (Å²) in [7, 11) is 1.28. The standard InChI is InChI=1S/C12H12ClN3O4S/c1-6(11(19)20-2)16-10-8(3-7(13)4-14-10)15-12(16)21-5-9(17)18/h3-4,6H,5H2,1-2H3,(H,17,18). The zero-order valence-electron chi connectivity index (χ0n) is 11.2. The number of aliphatic carboxylic acids is 1. The zero-order valence-corrected chi connectivity index (χ0v) is 12.8. The normalized spacial score (nSPS) is 12.3. The highest BCUT2D eigenvalue weighted by molar-refractivity contribution is 7.99. The van der Waals surface area contributed by atoms with Crippen LogP contribution in [0.25, 0.3) is 11.2 Å². The Hall–Kier alpha value is -1.80. The van der Waals surface area contributed by atoms with E-state index < -0.39 is 18.0 Å². The van der Waals surface area contributed by atoms with Gasteiger partial charge in [-0.05, 0) is 13.0 Å². The number of imidazole rings is 1. The van der Waals surface area contributed by atoms with Crippen molar-refractivity contribution in [1.82, 2.24) is 14.5 Å². The third-order valence-electron chi connectivity index (χ3n) is 2.72. The van der Waals surface area contributed by atoms with Crippen LogP contribution in [-0.2, 0) is 14.3 Å². The number of hydrogen-bond donors (Lipinski definition) is 1. The van der Waals surface area contributed by atoms with Crippen LogP contribution in [0.5, 0.6) is 0 Å². The predicted octanol–water partition coefficient (Wildman–Crippen LogP) is 2.00. The topological polar surface area (TPSA) is 94.3 Å². The van der Waals surface area contributed by atoms with Gasteiger partial charge < -0.3 is 9.84 Å². The number of hydrogen-bond acceptors (Lipinski definition) is 6. The van der Waals surface area contributed by atoms with Crippen LogP contribution in [0, 0.1) is 0 Å². The largest absolute Gasteiger partial charge is 0.481 e. The number of carboxylic acids is 1. The molecule has 0 spiro atoms. The maximum Gasteiger partial charge on any atom is 0.328 e. The van der Waals surface area contributed by atoms with E-state index in [0.29, 0.717) is 21.3 Å². The smallest absolute Gasteiger partial charge is 0.328 e. The summed E-state index contributed by atoms with van der Waals surface area (Å²) in [5, 5.41) is 9.58. The lowest BCUT2D eigenvalue weighted by atomic mass is 10.3. The highest BCUT2D eigenvalue weighted by Gasteiger charge is 2.23. The van der Waals surface area contributed by atoms with E-state index in [1.54, 1.807) is 17.6 Å². The van der Waals surface area contributed by atoms with E-state index in [4.69, 9.17) is 21.4 Å². The van der Waals surface area contributed by atoms with Crippen molar-refractivity contribution in [2.45, 2.75) is 18.1 Å². The summed E-state index contributed by atoms with van der Waals surface area (Å²) < 4.78 is 6.27. The molecule has 112 valence electrons. The van der Waals surface area contributed by atoms with E-state index in [1.807, 2.05) is 0 Å². The number of esters is 1. The molecule has 1 N–H and O–H groups in total. The van der Waals surface area contributed by atoms with Crippen molar-refractivity contribution in [2.24, 2.45) is 0 Å². The fraction of sp³-hybridized carbons (Fsp3) is 0.333. The Morgan fingerprint density at radius 2 is 2.29 bits per heavy atom. The zero-order chi connectivity index (χ0) is 15.6. The lowest BCUT2D eigenvalue weighted by Gasteiger charge is -2.14. The van der Waals surface area contributed by atoms with Crippen LogP contribution in [-0.4, -0.2) is 44.4 Å². The summed E-state index contributed by atoms with van der Waals surface area (Å²) in [4.78, 5) is 30.9. The second-order valence-electron chi connectivity index (χ2n) is 4.14. The van der Waals surface area contributed by atoms with Gasteiger partial charge in [0.15, 0.2) is 10.8 Å². The summed E-state index contributed by atoms with van der Waals surface area (Å²) in [5.41, 5.74) is 0.941. The number of halogens is 1. The molecule has 0 aliphatic heterocycles. The lowest BCUT2D eigenvalue weighted by Crippen LogP contribution is -2.19. The summed E-state index contributed by atoms with van der Waals surface area (Å²) in [6, 6.07) is 0.930. The fourth-order valence-corrected chi connectivity index (χ4v) is 2.74. The first kappa shape index (κ1) is 15.6. The molecule has 0 aliphatic carbocycles. The number of rotatable bonds is 5. The first-order chi connectivity index (χ1) is 9.93. The molecular weight excluding hydrogens is 318 g/mol. The molecule has 7 nitrogen and oxygen atoms in total. The minimum Gasteiger partial charge on any atom is -0.481 e. The van der Waals surface area contributed by atoms with Gasteiger partial charge in [0.25, 0.3) is 0 Å². The SMILES string of the molecule is COC(=O)C(C)n1c(SCC(=O)O)nc2cc(Cl)cnc21. The number of ether oxygens (including phenoxy) is 1. The highest BCUT2D eigenvalue weighted by Crippen LogP contribution is 2.28. The van der Waals surface area contributed by atoms with Crippen molar-refractivity contribution < 1.29 is 19.4 Å². The number of carboxylic acid groups (broad SMARTS) is 1. The van der Waals surface area contributed by atoms with E-state index in [1.165, 1.54) is 13.3 Å². The van der Waals surface area contributed by atoms with E-state index in [0.717, 1.165) is 11.8 Å². The molecule has 0 fully saturated rings. The maximum absolute atomic E-state index is 11.8. The molecule has 2 aromatic heterocycles. The van der Waals surface area contributed by atoms with Crippen molar-refractivity contribution in [3.05, 3.63) is 17.3 Å². The third-order valence-corrected chi connectivity index (χ3v) is 3.86. The number of methoxy groups -OCH3 is 1. The predicted molar refractivity (Wildman–Crippen MR) is 77.6 cm³/mol. The monoisotopic (exact) mass is 329 g/mol. The van der Waals surface area contributed by atoms with Crippen LogP contribution >= 0.6 is 23.4 Å². The minimum atomic E-state index is -0.977. The Morgan fingerprint density at radius 1 is 1.57 bits per heavy atom. The summed E-state index contributed by atoms with van der Waals surface area (Å²) in [6.45, 7) is 1.63. The molecule has 9 heteroatoms. The van der Waals surface area contributed by atoms with Crippen molar-refractivity contribution >= 4 is 46.5 Å². The fourth-order valence-electron chi connectivity index (χ4n) is 1.79. The molecule has 0 saturated carbocycles. The lowest BCUT2D eigenvalue weighted by molar-refractivity contribution is -0.144. The van der Waals surface area contributed by atoms with Crippen LogP contribution in [0.4, 0.5) is 0 Å². The van der Waals surface area contributed by atoms with Gasteiger partial charge in [-0.3, -0.25) is 9.36 Å². The first-order valence-electron chi connectivity index (χ1n) is 5.90. The van der Waals surface area contributed by atoms with Gasteiger partial charge in [0, 0.05) is 6.20 Å². The quantitative estimate of drug-likeness (QED) is 0.662. The second kappa shape index (κ2) is 6.31. The van der Waals surface area contributed by atoms with Gasteiger partial charge in [0.05, 0.1) is 17.9 Å². The van der Waals surface area contributed by atoms with Crippen LogP contribution < -0.4 is 0 Å². The Morgan fingerprint density at radius 3 is 2.90 bits per heavy atom. The van der Waals surface area contributed by atoms with Crippen LogP contribution in [0.3, 0.4) is 0 Å². The van der Waals surface area contributed by atoms with Crippen LogP contribution in [0.2, 0.25) is 5.02 Å². The van der Waals surface area contributed by atoms with E-state index in [9.17, 15) is 9.59 Å². The Balaban J connectivity index is 2.54. The van der Waals surface area contributed by atoms with Crippen molar-refractivity contribution in [3.63, 3.8) is 0 Å². The van der Waals surface area contributed by atoms with Gasteiger partial charge in [-0.2, -0.15) is 0 Å². The van der Waals surface area contributed by atoms with Gasteiger partial charge in [-0.25, -0.2) is 14.8 Å². The molecule has 0 radical (unpaired) electrons. The molecule has 0 amide bonds. The molecule has 0 saturated heterocycles. The number of carbonyl (C=O) groups is 2. The van der Waals surface area contributed by atoms with E-state index >= 15 is 0 Å². The average Bonchev–Trinajstić information content (AvgIpc) is 2.80. The number of thioether (sulfide) groups is 1. The summed E-state index contributed by atoms with van der Waals surface area (Å²) >= 11 is 6.88. The van der Waals surface area contributed by atoms with Gasteiger partial charge in [-0.15, -0.1) is 0 Å². The van der Waals surface area contributed by atoms with Gasteiger partial charge in [0.2, 0.25) is 0 Å². The van der Waals surface area contributed by atoms with Crippen molar-refractivity contribution in [1.29, 1.82) is 0 Å². The third kappa shape index (κ3) is 3.27. The van der Waals surface area contributed by atoms with E-state index in [2.05, 4.69) is 9.97 Å². The number of carbonyl (C=O) groups excluding carboxylic acids is 1. The maximum atomic E-state index is 11.8. The minimum absolute atomic E-state index is 0.176. The second-order valence-corrected chi connectivity index (χ2v) is 5.52. The van der Waals surface area contributed by atoms with Crippen molar-refractivity contribution in [3.8, 4) is 0 Å². The Labute approximate surface area is 129 Å².